The zero-order chi connectivity index (χ0) is 15.1. The van der Waals surface area contributed by atoms with Crippen molar-refractivity contribution < 1.29 is 13.2 Å². The first-order chi connectivity index (χ1) is 10.1. The number of rotatable bonds is 8. The third-order valence-corrected chi connectivity index (χ3v) is 6.58. The smallest absolute Gasteiger partial charge is 0.250 e. The topological polar surface area (TPSA) is 67.4 Å². The molecule has 0 aromatic carbocycles. The molecule has 0 aliphatic carbocycles. The fraction of sp³-hybridized carbons (Fsp3) is 0.714. The van der Waals surface area contributed by atoms with E-state index in [0.717, 1.165) is 43.8 Å². The number of likely N-dealkylation sites (N-methyl/N-ethyl adjacent to an activating group) is 1. The molecule has 1 saturated heterocycles. The van der Waals surface area contributed by atoms with Gasteiger partial charge in [-0.15, -0.1) is 11.3 Å². The molecule has 21 heavy (non-hydrogen) atoms. The molecule has 1 aliphatic rings. The van der Waals surface area contributed by atoms with Gasteiger partial charge in [0.1, 0.15) is 4.21 Å². The van der Waals surface area contributed by atoms with E-state index in [1.54, 1.807) is 6.07 Å². The molecule has 120 valence electrons. The van der Waals surface area contributed by atoms with E-state index in [-0.39, 0.29) is 0 Å². The molecule has 7 heteroatoms. The first kappa shape index (κ1) is 16.9. The van der Waals surface area contributed by atoms with Crippen LogP contribution in [0.3, 0.4) is 0 Å². The maximum absolute atomic E-state index is 12.3. The van der Waals surface area contributed by atoms with Crippen molar-refractivity contribution in [2.75, 3.05) is 32.8 Å². The van der Waals surface area contributed by atoms with Gasteiger partial charge < -0.3 is 10.1 Å². The molecule has 5 nitrogen and oxygen atoms in total. The van der Waals surface area contributed by atoms with Crippen molar-refractivity contribution in [2.45, 2.75) is 30.4 Å². The highest BCUT2D eigenvalue weighted by molar-refractivity contribution is 7.91. The molecule has 0 amide bonds. The Morgan fingerprint density at radius 3 is 3.00 bits per heavy atom. The summed E-state index contributed by atoms with van der Waals surface area (Å²) in [4.78, 5) is 1.09. The Labute approximate surface area is 131 Å². The average Bonchev–Trinajstić information content (AvgIpc) is 2.96. The van der Waals surface area contributed by atoms with Crippen molar-refractivity contribution >= 4 is 21.4 Å². The lowest BCUT2D eigenvalue weighted by molar-refractivity contribution is 0.0568. The molecule has 1 aliphatic heterocycles. The average molecular weight is 332 g/mol. The molecule has 2 N–H and O–H groups in total. The Bertz CT molecular complexity index is 522. The van der Waals surface area contributed by atoms with Crippen LogP contribution in [-0.4, -0.2) is 41.3 Å². The maximum Gasteiger partial charge on any atom is 0.250 e. The van der Waals surface area contributed by atoms with E-state index in [2.05, 4.69) is 17.0 Å². The van der Waals surface area contributed by atoms with Crippen LogP contribution in [0, 0.1) is 5.92 Å². The van der Waals surface area contributed by atoms with Gasteiger partial charge in [-0.05, 0) is 50.4 Å². The molecule has 1 fully saturated rings. The van der Waals surface area contributed by atoms with Crippen LogP contribution in [0.25, 0.3) is 0 Å². The third kappa shape index (κ3) is 5.34. The van der Waals surface area contributed by atoms with Gasteiger partial charge in [0, 0.05) is 18.0 Å². The van der Waals surface area contributed by atoms with Crippen LogP contribution in [0.15, 0.2) is 16.3 Å². The fourth-order valence-electron chi connectivity index (χ4n) is 2.29. The molecule has 0 radical (unpaired) electrons. The monoisotopic (exact) mass is 332 g/mol. The molecule has 0 spiro atoms. The Hall–Kier alpha value is -0.470. The van der Waals surface area contributed by atoms with Crippen molar-refractivity contribution in [1.29, 1.82) is 0 Å². The summed E-state index contributed by atoms with van der Waals surface area (Å²) in [5, 5.41) is 3.24. The van der Waals surface area contributed by atoms with Crippen molar-refractivity contribution in [3.63, 3.8) is 0 Å². The van der Waals surface area contributed by atoms with E-state index in [9.17, 15) is 8.42 Å². The molecule has 2 rings (SSSR count). The summed E-state index contributed by atoms with van der Waals surface area (Å²) >= 11 is 1.36. The van der Waals surface area contributed by atoms with Gasteiger partial charge >= 0.3 is 0 Å². The largest absolute Gasteiger partial charge is 0.381 e. The second kappa shape index (κ2) is 8.24. The predicted molar refractivity (Wildman–Crippen MR) is 85.3 cm³/mol. The minimum absolute atomic E-state index is 0.293. The Balaban J connectivity index is 1.86. The minimum Gasteiger partial charge on any atom is -0.381 e. The van der Waals surface area contributed by atoms with Gasteiger partial charge in [-0.1, -0.05) is 6.92 Å². The summed E-state index contributed by atoms with van der Waals surface area (Å²) in [6, 6.07) is 3.60. The number of sulfonamides is 1. The zero-order valence-electron chi connectivity index (χ0n) is 12.4. The molecule has 1 atom stereocenters. The minimum atomic E-state index is -3.38. The molecular weight excluding hydrogens is 308 g/mol. The second-order valence-electron chi connectivity index (χ2n) is 5.26. The van der Waals surface area contributed by atoms with Crippen LogP contribution >= 0.6 is 11.3 Å². The molecule has 1 aromatic rings. The van der Waals surface area contributed by atoms with Crippen LogP contribution < -0.4 is 10.0 Å². The van der Waals surface area contributed by atoms with Gasteiger partial charge in [-0.3, -0.25) is 0 Å². The molecular formula is C14H24N2O3S2. The fourth-order valence-corrected chi connectivity index (χ4v) is 4.81. The van der Waals surface area contributed by atoms with Gasteiger partial charge in [0.2, 0.25) is 10.0 Å². The van der Waals surface area contributed by atoms with E-state index >= 15 is 0 Å². The van der Waals surface area contributed by atoms with Crippen molar-refractivity contribution in [3.05, 3.63) is 17.0 Å². The Morgan fingerprint density at radius 2 is 2.29 bits per heavy atom. The summed E-state index contributed by atoms with van der Waals surface area (Å²) in [6.07, 6.45) is 2.91. The lowest BCUT2D eigenvalue weighted by Gasteiger charge is -2.21. The van der Waals surface area contributed by atoms with E-state index in [4.69, 9.17) is 4.74 Å². The normalized spacial score (nSPS) is 19.8. The van der Waals surface area contributed by atoms with Crippen LogP contribution in [0.2, 0.25) is 0 Å². The van der Waals surface area contributed by atoms with Crippen LogP contribution in [0.1, 0.15) is 24.6 Å². The van der Waals surface area contributed by atoms with Crippen LogP contribution in [0.5, 0.6) is 0 Å². The number of hydrogen-bond donors (Lipinski definition) is 2. The number of nitrogens with one attached hydrogen (secondary N) is 2. The van der Waals surface area contributed by atoms with Gasteiger partial charge in [0.15, 0.2) is 0 Å². The second-order valence-corrected chi connectivity index (χ2v) is 8.42. The first-order valence-electron chi connectivity index (χ1n) is 7.48. The zero-order valence-corrected chi connectivity index (χ0v) is 14.1. The first-order valence-corrected chi connectivity index (χ1v) is 9.78. The summed E-state index contributed by atoms with van der Waals surface area (Å²) in [6.45, 7) is 5.78. The van der Waals surface area contributed by atoms with E-state index < -0.39 is 10.0 Å². The van der Waals surface area contributed by atoms with Crippen molar-refractivity contribution in [3.8, 4) is 0 Å². The van der Waals surface area contributed by atoms with Crippen LogP contribution in [0.4, 0.5) is 0 Å². The third-order valence-electron chi connectivity index (χ3n) is 3.52. The SMILES string of the molecule is CCNCCc1ccc(S(=O)(=O)NCC2CCCOC2)s1. The molecule has 2 heterocycles. The standard InChI is InChI=1S/C14H24N2O3S2/c1-2-15-8-7-13-5-6-14(20-13)21(17,18)16-10-12-4-3-9-19-11-12/h5-6,12,15-16H,2-4,7-11H2,1H3. The summed E-state index contributed by atoms with van der Waals surface area (Å²) in [5.41, 5.74) is 0. The van der Waals surface area contributed by atoms with Crippen LogP contribution in [-0.2, 0) is 21.2 Å². The lowest BCUT2D eigenvalue weighted by atomic mass is 10.0. The summed E-state index contributed by atoms with van der Waals surface area (Å²) in [7, 11) is -3.38. The van der Waals surface area contributed by atoms with Crippen molar-refractivity contribution in [1.82, 2.24) is 10.0 Å². The summed E-state index contributed by atoms with van der Waals surface area (Å²) in [5.74, 6) is 0.293. The number of thiophene rings is 1. The highest BCUT2D eigenvalue weighted by Gasteiger charge is 2.20. The van der Waals surface area contributed by atoms with E-state index in [1.165, 1.54) is 11.3 Å². The van der Waals surface area contributed by atoms with E-state index in [1.807, 2.05) is 6.07 Å². The quantitative estimate of drug-likeness (QED) is 0.710. The number of ether oxygens (including phenoxy) is 1. The van der Waals surface area contributed by atoms with Gasteiger partial charge in [0.25, 0.3) is 0 Å². The molecule has 1 aromatic heterocycles. The highest BCUT2D eigenvalue weighted by Crippen LogP contribution is 2.22. The van der Waals surface area contributed by atoms with Gasteiger partial charge in [-0.25, -0.2) is 13.1 Å². The lowest BCUT2D eigenvalue weighted by Crippen LogP contribution is -2.32. The van der Waals surface area contributed by atoms with Gasteiger partial charge in [-0.2, -0.15) is 0 Å². The van der Waals surface area contributed by atoms with Crippen molar-refractivity contribution in [2.24, 2.45) is 5.92 Å². The number of hydrogen-bond acceptors (Lipinski definition) is 5. The Morgan fingerprint density at radius 1 is 1.43 bits per heavy atom. The molecule has 1 unspecified atom stereocenters. The molecule has 0 saturated carbocycles. The van der Waals surface area contributed by atoms with E-state index in [0.29, 0.717) is 23.3 Å². The highest BCUT2D eigenvalue weighted by atomic mass is 32.2. The maximum atomic E-state index is 12.3. The predicted octanol–water partition coefficient (Wildman–Crippen LogP) is 1.60. The summed E-state index contributed by atoms with van der Waals surface area (Å²) < 4.78 is 33.0. The van der Waals surface area contributed by atoms with Gasteiger partial charge in [0.05, 0.1) is 6.61 Å². The Kier molecular flexibility index (Phi) is 6.63. The molecule has 0 bridgehead atoms.